The summed E-state index contributed by atoms with van der Waals surface area (Å²) in [7, 11) is 0. The molecule has 14 heteroatoms. The van der Waals surface area contributed by atoms with Crippen LogP contribution in [0.4, 0.5) is 0 Å². The predicted octanol–water partition coefficient (Wildman–Crippen LogP) is 7.89. The first-order valence-electron chi connectivity index (χ1n) is 20.0. The molecule has 8 aromatic rings. The molecule has 1 unspecified atom stereocenters. The number of imidazole rings is 1. The first-order valence-corrected chi connectivity index (χ1v) is 20.8. The number of carbonyl (C=O) groups is 4. The number of pyridine rings is 1. The molecule has 5 aromatic heterocycles. The van der Waals surface area contributed by atoms with E-state index in [4.69, 9.17) is 19.0 Å². The number of carbonyl (C=O) groups excluding carboxylic acids is 4. The van der Waals surface area contributed by atoms with Gasteiger partial charge in [-0.3, -0.25) is 28.9 Å². The summed E-state index contributed by atoms with van der Waals surface area (Å²) in [6, 6.07) is 24.9. The van der Waals surface area contributed by atoms with Gasteiger partial charge in [0.1, 0.15) is 42.2 Å². The number of thiazole rings is 1. The van der Waals surface area contributed by atoms with Crippen LogP contribution in [0.2, 0.25) is 0 Å². The van der Waals surface area contributed by atoms with Crippen LogP contribution in [-0.2, 0) is 48.6 Å². The molecular weight excluding hydrogens is 781 g/mol. The standard InChI is InChI=1S/C46H42N6O7S/c1-46(2,3)40-24-30(50-59-40)23-31(53)21-27-6-10-29(11-7-27)35-26-51-37-14-12-32(25-39(37)60-45(51)48-35)57-19-20-58-42(55)17-9-28-8-13-36-34(22-28)33-5-4-18-47-43(33)52(36)38-15-16-41(54)49-44(38)56/h4-8,10-14,18,22,24-26,38H,9,15-17,19-21,23H2,1-3H3,(H,49,54,56). The third-order valence-electron chi connectivity index (χ3n) is 10.8. The summed E-state index contributed by atoms with van der Waals surface area (Å²) in [6.45, 7) is 6.47. The van der Waals surface area contributed by atoms with Crippen LogP contribution in [0.25, 0.3) is 48.4 Å². The molecule has 2 amide bonds. The van der Waals surface area contributed by atoms with E-state index in [-0.39, 0.29) is 61.5 Å². The Kier molecular flexibility index (Phi) is 10.2. The fourth-order valence-corrected chi connectivity index (χ4v) is 8.74. The third kappa shape index (κ3) is 7.90. The second-order valence-corrected chi connectivity index (χ2v) is 17.2. The molecule has 1 N–H and O–H groups in total. The average Bonchev–Trinajstić information content (AvgIpc) is 4.01. The highest BCUT2D eigenvalue weighted by Crippen LogP contribution is 2.35. The van der Waals surface area contributed by atoms with Gasteiger partial charge in [-0.25, -0.2) is 9.97 Å². The molecule has 304 valence electrons. The van der Waals surface area contributed by atoms with Crippen molar-refractivity contribution >= 4 is 72.0 Å². The Morgan fingerprint density at radius 3 is 2.55 bits per heavy atom. The molecular formula is C46H42N6O7S. The van der Waals surface area contributed by atoms with E-state index in [2.05, 4.69) is 19.9 Å². The fraction of sp³-hybridized carbons (Fsp3) is 0.283. The van der Waals surface area contributed by atoms with E-state index in [0.29, 0.717) is 36.4 Å². The number of amides is 2. The van der Waals surface area contributed by atoms with Gasteiger partial charge < -0.3 is 18.6 Å². The van der Waals surface area contributed by atoms with Crippen LogP contribution in [0.15, 0.2) is 95.8 Å². The quantitative estimate of drug-likeness (QED) is 0.0688. The first-order chi connectivity index (χ1) is 29.0. The number of ketones is 1. The van der Waals surface area contributed by atoms with Crippen molar-refractivity contribution in [2.45, 2.75) is 70.8 Å². The topological polar surface area (TPSA) is 160 Å². The molecule has 0 saturated carbocycles. The van der Waals surface area contributed by atoms with Crippen LogP contribution in [-0.4, -0.2) is 60.9 Å². The molecule has 60 heavy (non-hydrogen) atoms. The minimum Gasteiger partial charge on any atom is -0.490 e. The van der Waals surface area contributed by atoms with E-state index in [0.717, 1.165) is 59.6 Å². The molecule has 1 fully saturated rings. The molecule has 1 atom stereocenters. The molecule has 1 saturated heterocycles. The lowest BCUT2D eigenvalue weighted by molar-refractivity contribution is -0.144. The summed E-state index contributed by atoms with van der Waals surface area (Å²) < 4.78 is 21.9. The number of benzene rings is 3. The zero-order valence-corrected chi connectivity index (χ0v) is 34.2. The molecule has 6 heterocycles. The number of hydrogen-bond donors (Lipinski definition) is 1. The number of rotatable bonds is 13. The number of nitrogens with one attached hydrogen (secondary N) is 1. The number of ether oxygens (including phenoxy) is 2. The highest BCUT2D eigenvalue weighted by molar-refractivity contribution is 7.23. The van der Waals surface area contributed by atoms with Crippen LogP contribution in [0.5, 0.6) is 5.75 Å². The largest absolute Gasteiger partial charge is 0.490 e. The van der Waals surface area contributed by atoms with Crippen LogP contribution < -0.4 is 10.1 Å². The SMILES string of the molecule is CC(C)(C)c1cc(CC(=O)Cc2ccc(-c3cn4c(n3)sc3cc(OCCOC(=O)CCc5ccc6c(c5)c5cccnc5n6C5CCC(=O)NC5=O)ccc34)cc2)no1. The van der Waals surface area contributed by atoms with Crippen molar-refractivity contribution < 1.29 is 33.2 Å². The van der Waals surface area contributed by atoms with Crippen molar-refractivity contribution in [2.24, 2.45) is 0 Å². The van der Waals surface area contributed by atoms with Crippen LogP contribution in [0, 0.1) is 0 Å². The number of hydrogen-bond acceptors (Lipinski definition) is 11. The van der Waals surface area contributed by atoms with E-state index < -0.39 is 6.04 Å². The van der Waals surface area contributed by atoms with Gasteiger partial charge in [-0.05, 0) is 66.4 Å². The number of nitrogens with zero attached hydrogens (tertiary/aromatic N) is 5. The Hall–Kier alpha value is -6.67. The summed E-state index contributed by atoms with van der Waals surface area (Å²) >= 11 is 1.56. The number of aryl methyl sites for hydroxylation is 1. The first kappa shape index (κ1) is 38.8. The van der Waals surface area contributed by atoms with Gasteiger partial charge in [0.05, 0.1) is 33.5 Å². The number of piperidine rings is 1. The molecule has 0 radical (unpaired) electrons. The summed E-state index contributed by atoms with van der Waals surface area (Å²) in [4.78, 5) is 60.3. The molecule has 3 aromatic carbocycles. The minimum atomic E-state index is -0.531. The van der Waals surface area contributed by atoms with E-state index in [1.807, 2.05) is 110 Å². The summed E-state index contributed by atoms with van der Waals surface area (Å²) in [5.74, 6) is 0.602. The monoisotopic (exact) mass is 822 g/mol. The maximum atomic E-state index is 12.8. The third-order valence-corrected chi connectivity index (χ3v) is 11.8. The summed E-state index contributed by atoms with van der Waals surface area (Å²) in [5.41, 5.74) is 6.73. The van der Waals surface area contributed by atoms with E-state index in [1.54, 1.807) is 17.5 Å². The van der Waals surface area contributed by atoms with Crippen molar-refractivity contribution in [3.05, 3.63) is 114 Å². The van der Waals surface area contributed by atoms with Gasteiger partial charge in [0.25, 0.3) is 0 Å². The van der Waals surface area contributed by atoms with Crippen molar-refractivity contribution in [2.75, 3.05) is 13.2 Å². The average molecular weight is 823 g/mol. The number of aromatic nitrogens is 5. The molecule has 0 spiro atoms. The summed E-state index contributed by atoms with van der Waals surface area (Å²) in [5, 5.41) is 8.37. The number of esters is 1. The minimum absolute atomic E-state index is 0.0757. The lowest BCUT2D eigenvalue weighted by Gasteiger charge is -2.23. The number of imide groups is 1. The van der Waals surface area contributed by atoms with Gasteiger partial charge in [-0.1, -0.05) is 67.6 Å². The van der Waals surface area contributed by atoms with Gasteiger partial charge in [0, 0.05) is 59.5 Å². The lowest BCUT2D eigenvalue weighted by atomic mass is 9.93. The van der Waals surface area contributed by atoms with Crippen LogP contribution in [0.1, 0.15) is 68.7 Å². The Morgan fingerprint density at radius 1 is 0.933 bits per heavy atom. The zero-order chi connectivity index (χ0) is 41.5. The number of fused-ring (bicyclic) bond motifs is 6. The molecule has 1 aliphatic rings. The summed E-state index contributed by atoms with van der Waals surface area (Å²) in [6.07, 6.45) is 5.62. The maximum Gasteiger partial charge on any atom is 0.306 e. The highest BCUT2D eigenvalue weighted by atomic mass is 32.1. The normalized spacial score (nSPS) is 14.7. The van der Waals surface area contributed by atoms with Gasteiger partial charge >= 0.3 is 5.97 Å². The second-order valence-electron chi connectivity index (χ2n) is 16.2. The molecule has 13 nitrogen and oxygen atoms in total. The van der Waals surface area contributed by atoms with Crippen LogP contribution >= 0.6 is 11.3 Å². The molecule has 1 aliphatic heterocycles. The van der Waals surface area contributed by atoms with Crippen molar-refractivity contribution in [1.82, 2.24) is 29.4 Å². The Balaban J connectivity index is 0.764. The van der Waals surface area contributed by atoms with Crippen molar-refractivity contribution in [3.8, 4) is 17.0 Å². The van der Waals surface area contributed by atoms with E-state index in [1.165, 1.54) is 0 Å². The molecule has 0 aliphatic carbocycles. The second kappa shape index (κ2) is 15.8. The van der Waals surface area contributed by atoms with Gasteiger partial charge in [0.2, 0.25) is 11.8 Å². The van der Waals surface area contributed by atoms with Crippen molar-refractivity contribution in [1.29, 1.82) is 0 Å². The van der Waals surface area contributed by atoms with Crippen LogP contribution in [0.3, 0.4) is 0 Å². The fourth-order valence-electron chi connectivity index (χ4n) is 7.70. The maximum absolute atomic E-state index is 12.8. The molecule has 0 bridgehead atoms. The highest BCUT2D eigenvalue weighted by Gasteiger charge is 2.31. The van der Waals surface area contributed by atoms with Gasteiger partial charge in [0.15, 0.2) is 4.96 Å². The van der Waals surface area contributed by atoms with Gasteiger partial charge in [-0.2, -0.15) is 0 Å². The Bertz CT molecular complexity index is 2950. The number of Topliss-reactive ketones (excluding diaryl/α,β-unsaturated/α-hetero) is 1. The Morgan fingerprint density at radius 2 is 1.75 bits per heavy atom. The smallest absolute Gasteiger partial charge is 0.306 e. The zero-order valence-electron chi connectivity index (χ0n) is 33.4. The Labute approximate surface area is 348 Å². The molecule has 9 rings (SSSR count). The van der Waals surface area contributed by atoms with Gasteiger partial charge in [-0.15, -0.1) is 0 Å². The lowest BCUT2D eigenvalue weighted by Crippen LogP contribution is -2.41. The van der Waals surface area contributed by atoms with E-state index >= 15 is 0 Å². The van der Waals surface area contributed by atoms with Crippen molar-refractivity contribution in [3.63, 3.8) is 0 Å². The van der Waals surface area contributed by atoms with E-state index in [9.17, 15) is 19.2 Å². The predicted molar refractivity (Wildman–Crippen MR) is 227 cm³/mol.